The third-order valence-electron chi connectivity index (χ3n) is 5.66. The molecule has 2 aromatic heterocycles. The van der Waals surface area contributed by atoms with Crippen LogP contribution in [0.5, 0.6) is 0 Å². The van der Waals surface area contributed by atoms with Crippen molar-refractivity contribution in [2.45, 2.75) is 25.7 Å². The SMILES string of the molecule is Cc1ncc(-c2ccncc2)c(C2CCCN(C(=O)c3ccc(N(C)C)cc3)C2)n1. The van der Waals surface area contributed by atoms with Crippen molar-refractivity contribution in [2.24, 2.45) is 0 Å². The number of anilines is 1. The lowest BCUT2D eigenvalue weighted by Gasteiger charge is -2.33. The maximum Gasteiger partial charge on any atom is 0.253 e. The van der Waals surface area contributed by atoms with E-state index in [1.165, 1.54) is 0 Å². The van der Waals surface area contributed by atoms with Gasteiger partial charge in [-0.2, -0.15) is 0 Å². The number of aryl methyl sites for hydroxylation is 1. The van der Waals surface area contributed by atoms with E-state index in [9.17, 15) is 4.79 Å². The number of carbonyl (C=O) groups is 1. The second-order valence-electron chi connectivity index (χ2n) is 7.98. The molecule has 3 aromatic rings. The molecule has 1 amide bonds. The molecule has 0 radical (unpaired) electrons. The van der Waals surface area contributed by atoms with Crippen LogP contribution in [0.25, 0.3) is 11.1 Å². The third-order valence-corrected chi connectivity index (χ3v) is 5.66. The Balaban J connectivity index is 1.59. The first-order valence-corrected chi connectivity index (χ1v) is 10.3. The predicted octanol–water partition coefficient (Wildman–Crippen LogP) is 3.93. The Morgan fingerprint density at radius 2 is 1.83 bits per heavy atom. The number of hydrogen-bond donors (Lipinski definition) is 0. The highest BCUT2D eigenvalue weighted by atomic mass is 16.2. The van der Waals surface area contributed by atoms with Crippen molar-refractivity contribution >= 4 is 11.6 Å². The van der Waals surface area contributed by atoms with Gasteiger partial charge < -0.3 is 9.80 Å². The van der Waals surface area contributed by atoms with Gasteiger partial charge in [-0.3, -0.25) is 9.78 Å². The van der Waals surface area contributed by atoms with Crippen LogP contribution in [-0.2, 0) is 0 Å². The van der Waals surface area contributed by atoms with Crippen LogP contribution in [0.4, 0.5) is 5.69 Å². The summed E-state index contributed by atoms with van der Waals surface area (Å²) in [5.41, 5.74) is 4.92. The number of piperidine rings is 1. The molecular formula is C24H27N5O. The molecule has 1 fully saturated rings. The van der Waals surface area contributed by atoms with Crippen molar-refractivity contribution in [1.29, 1.82) is 0 Å². The van der Waals surface area contributed by atoms with Gasteiger partial charge in [0.15, 0.2) is 0 Å². The Morgan fingerprint density at radius 1 is 1.10 bits per heavy atom. The molecule has 1 aromatic carbocycles. The monoisotopic (exact) mass is 401 g/mol. The van der Waals surface area contributed by atoms with Crippen molar-refractivity contribution < 1.29 is 4.79 Å². The number of rotatable bonds is 4. The van der Waals surface area contributed by atoms with Gasteiger partial charge in [-0.1, -0.05) is 0 Å². The standard InChI is InChI=1S/C24H27N5O/c1-17-26-15-22(18-10-12-25-13-11-18)23(27-17)20-5-4-14-29(16-20)24(30)19-6-8-21(9-7-19)28(2)3/h6-13,15,20H,4-5,14,16H2,1-3H3. The summed E-state index contributed by atoms with van der Waals surface area (Å²) in [5.74, 6) is 1.03. The van der Waals surface area contributed by atoms with Gasteiger partial charge in [-0.25, -0.2) is 9.97 Å². The molecule has 4 rings (SSSR count). The Hall–Kier alpha value is -3.28. The fourth-order valence-electron chi connectivity index (χ4n) is 4.02. The van der Waals surface area contributed by atoms with E-state index >= 15 is 0 Å². The molecule has 1 aliphatic heterocycles. The van der Waals surface area contributed by atoms with E-state index in [1.54, 1.807) is 12.4 Å². The number of aromatic nitrogens is 3. The lowest BCUT2D eigenvalue weighted by atomic mass is 9.89. The molecule has 154 valence electrons. The van der Waals surface area contributed by atoms with Gasteiger partial charge >= 0.3 is 0 Å². The zero-order valence-corrected chi connectivity index (χ0v) is 17.7. The van der Waals surface area contributed by atoms with Crippen LogP contribution in [0.2, 0.25) is 0 Å². The van der Waals surface area contributed by atoms with Gasteiger partial charge in [0, 0.05) is 68.5 Å². The van der Waals surface area contributed by atoms with Crippen molar-refractivity contribution in [2.75, 3.05) is 32.1 Å². The summed E-state index contributed by atoms with van der Waals surface area (Å²) < 4.78 is 0. The number of amides is 1. The second kappa shape index (κ2) is 8.61. The predicted molar refractivity (Wildman–Crippen MR) is 119 cm³/mol. The average Bonchev–Trinajstić information content (AvgIpc) is 2.79. The summed E-state index contributed by atoms with van der Waals surface area (Å²) >= 11 is 0. The van der Waals surface area contributed by atoms with Crippen molar-refractivity contribution in [3.05, 3.63) is 72.1 Å². The van der Waals surface area contributed by atoms with Crippen LogP contribution in [0.1, 0.15) is 40.6 Å². The molecule has 1 aliphatic rings. The Labute approximate surface area is 177 Å². The summed E-state index contributed by atoms with van der Waals surface area (Å²) in [6.07, 6.45) is 7.44. The maximum atomic E-state index is 13.2. The molecular weight excluding hydrogens is 374 g/mol. The molecule has 6 heteroatoms. The van der Waals surface area contributed by atoms with Gasteiger partial charge in [-0.15, -0.1) is 0 Å². The van der Waals surface area contributed by atoms with E-state index in [0.29, 0.717) is 6.54 Å². The summed E-state index contributed by atoms with van der Waals surface area (Å²) in [4.78, 5) is 30.5. The summed E-state index contributed by atoms with van der Waals surface area (Å²) in [6, 6.07) is 11.8. The molecule has 0 saturated carbocycles. The minimum Gasteiger partial charge on any atom is -0.378 e. The normalized spacial score (nSPS) is 16.4. The Kier molecular flexibility index (Phi) is 5.74. The third kappa shape index (κ3) is 4.17. The molecule has 0 spiro atoms. The van der Waals surface area contributed by atoms with Crippen LogP contribution in [-0.4, -0.2) is 52.9 Å². The van der Waals surface area contributed by atoms with Crippen molar-refractivity contribution in [3.63, 3.8) is 0 Å². The van der Waals surface area contributed by atoms with E-state index in [4.69, 9.17) is 4.98 Å². The Morgan fingerprint density at radius 3 is 2.53 bits per heavy atom. The highest BCUT2D eigenvalue weighted by molar-refractivity contribution is 5.94. The summed E-state index contributed by atoms with van der Waals surface area (Å²) in [6.45, 7) is 3.36. The first kappa shape index (κ1) is 20.0. The zero-order valence-electron chi connectivity index (χ0n) is 17.7. The number of benzene rings is 1. The number of carbonyl (C=O) groups excluding carboxylic acids is 1. The second-order valence-corrected chi connectivity index (χ2v) is 7.98. The van der Waals surface area contributed by atoms with Crippen LogP contribution in [0.3, 0.4) is 0 Å². The smallest absolute Gasteiger partial charge is 0.253 e. The van der Waals surface area contributed by atoms with Crippen LogP contribution >= 0.6 is 0 Å². The molecule has 0 bridgehead atoms. The van der Waals surface area contributed by atoms with Gasteiger partial charge in [0.1, 0.15) is 5.82 Å². The van der Waals surface area contributed by atoms with Crippen LogP contribution in [0.15, 0.2) is 55.0 Å². The molecule has 1 unspecified atom stereocenters. The molecule has 0 aliphatic carbocycles. The van der Waals surface area contributed by atoms with E-state index in [0.717, 1.165) is 53.3 Å². The van der Waals surface area contributed by atoms with Gasteiger partial charge in [0.2, 0.25) is 0 Å². The molecule has 3 heterocycles. The molecule has 1 saturated heterocycles. The fourth-order valence-corrected chi connectivity index (χ4v) is 4.02. The number of likely N-dealkylation sites (tertiary alicyclic amines) is 1. The minimum absolute atomic E-state index is 0.0845. The van der Waals surface area contributed by atoms with E-state index < -0.39 is 0 Å². The molecule has 6 nitrogen and oxygen atoms in total. The number of nitrogens with zero attached hydrogens (tertiary/aromatic N) is 5. The maximum absolute atomic E-state index is 13.2. The van der Waals surface area contributed by atoms with Crippen molar-refractivity contribution in [1.82, 2.24) is 19.9 Å². The molecule has 0 N–H and O–H groups in total. The fraction of sp³-hybridized carbons (Fsp3) is 0.333. The van der Waals surface area contributed by atoms with E-state index in [-0.39, 0.29) is 11.8 Å². The van der Waals surface area contributed by atoms with Gasteiger partial charge in [0.25, 0.3) is 5.91 Å². The minimum atomic E-state index is 0.0845. The highest BCUT2D eigenvalue weighted by Gasteiger charge is 2.28. The molecule has 1 atom stereocenters. The Bertz CT molecular complexity index is 1020. The topological polar surface area (TPSA) is 62.2 Å². The number of pyridine rings is 1. The lowest BCUT2D eigenvalue weighted by molar-refractivity contribution is 0.0706. The quantitative estimate of drug-likeness (QED) is 0.663. The highest BCUT2D eigenvalue weighted by Crippen LogP contribution is 2.33. The summed E-state index contributed by atoms with van der Waals surface area (Å²) in [7, 11) is 3.99. The van der Waals surface area contributed by atoms with Gasteiger partial charge in [-0.05, 0) is 61.7 Å². The van der Waals surface area contributed by atoms with Gasteiger partial charge in [0.05, 0.1) is 5.69 Å². The average molecular weight is 402 g/mol. The lowest BCUT2D eigenvalue weighted by Crippen LogP contribution is -2.39. The van der Waals surface area contributed by atoms with Crippen LogP contribution in [0, 0.1) is 6.92 Å². The molecule has 30 heavy (non-hydrogen) atoms. The first-order chi connectivity index (χ1) is 14.5. The van der Waals surface area contributed by atoms with Crippen molar-refractivity contribution in [3.8, 4) is 11.1 Å². The van der Waals surface area contributed by atoms with E-state index in [1.807, 2.05) is 73.4 Å². The summed E-state index contributed by atoms with van der Waals surface area (Å²) in [5, 5.41) is 0. The first-order valence-electron chi connectivity index (χ1n) is 10.3. The number of hydrogen-bond acceptors (Lipinski definition) is 5. The van der Waals surface area contributed by atoms with E-state index in [2.05, 4.69) is 9.97 Å². The van der Waals surface area contributed by atoms with Crippen LogP contribution < -0.4 is 4.90 Å². The zero-order chi connectivity index (χ0) is 21.1. The largest absolute Gasteiger partial charge is 0.378 e.